The highest BCUT2D eigenvalue weighted by Crippen LogP contribution is 2.54. The lowest BCUT2D eigenvalue weighted by Gasteiger charge is -2.45. The quantitative estimate of drug-likeness (QED) is 0.868. The maximum Gasteiger partial charge on any atom is 0.191 e. The number of nitrogens with zero attached hydrogens (tertiary/aromatic N) is 4. The van der Waals surface area contributed by atoms with Gasteiger partial charge in [-0.1, -0.05) is 36.7 Å². The summed E-state index contributed by atoms with van der Waals surface area (Å²) in [4.78, 5) is 2.28. The van der Waals surface area contributed by atoms with Crippen LogP contribution in [0.4, 0.5) is 0 Å². The van der Waals surface area contributed by atoms with Crippen molar-refractivity contribution < 1.29 is 0 Å². The molecule has 0 bridgehead atoms. The van der Waals surface area contributed by atoms with Crippen LogP contribution in [0.3, 0.4) is 0 Å². The van der Waals surface area contributed by atoms with E-state index in [4.69, 9.17) is 17.3 Å². The Morgan fingerprint density at radius 2 is 1.89 bits per heavy atom. The van der Waals surface area contributed by atoms with Crippen LogP contribution in [0, 0.1) is 45.3 Å². The highest BCUT2D eigenvalue weighted by atomic mass is 35.5. The van der Waals surface area contributed by atoms with Crippen LogP contribution in [0.25, 0.3) is 0 Å². The summed E-state index contributed by atoms with van der Waals surface area (Å²) < 4.78 is 0. The summed E-state index contributed by atoms with van der Waals surface area (Å²) in [5.74, 6) is -0.625. The molecule has 2 aliphatic rings. The molecular weight excluding hydrogens is 358 g/mol. The molecule has 2 N–H and O–H groups in total. The molecule has 0 saturated heterocycles. The van der Waals surface area contributed by atoms with Crippen molar-refractivity contribution in [2.45, 2.75) is 19.3 Å². The fourth-order valence-electron chi connectivity index (χ4n) is 4.28. The monoisotopic (exact) mass is 377 g/mol. The molecule has 1 aliphatic carbocycles. The van der Waals surface area contributed by atoms with Crippen LogP contribution in [0.15, 0.2) is 47.2 Å². The molecule has 0 spiro atoms. The molecule has 0 amide bonds. The predicted molar refractivity (Wildman–Crippen MR) is 103 cm³/mol. The number of rotatable bonds is 3. The molecule has 5 nitrogen and oxygen atoms in total. The molecule has 0 unspecified atom stereocenters. The molecule has 1 aromatic rings. The van der Waals surface area contributed by atoms with Gasteiger partial charge in [0.15, 0.2) is 5.41 Å². The van der Waals surface area contributed by atoms with E-state index in [0.29, 0.717) is 11.6 Å². The smallest absolute Gasteiger partial charge is 0.191 e. The van der Waals surface area contributed by atoms with Gasteiger partial charge in [0, 0.05) is 29.9 Å². The minimum atomic E-state index is -1.59. The first-order valence-electron chi connectivity index (χ1n) is 8.93. The predicted octanol–water partition coefficient (Wildman–Crippen LogP) is 3.48. The number of halogens is 1. The zero-order chi connectivity index (χ0) is 19.6. The van der Waals surface area contributed by atoms with Gasteiger partial charge in [0.25, 0.3) is 0 Å². The van der Waals surface area contributed by atoms with E-state index >= 15 is 0 Å². The molecular formula is C21H20ClN5. The van der Waals surface area contributed by atoms with Gasteiger partial charge in [-0.05, 0) is 36.2 Å². The van der Waals surface area contributed by atoms with Gasteiger partial charge in [0.05, 0.1) is 23.4 Å². The standard InChI is InChI=1S/C21H20ClN5/c1-2-8-27-9-7-16-17(10-23)20(26)21(12-24,13-25)19(18(16)11-27)14-3-5-15(22)6-4-14/h3-7,18-19H,2,8-9,11,26H2,1H3/t18-,19+/m0/s1. The number of hydrogen-bond donors (Lipinski definition) is 1. The van der Waals surface area contributed by atoms with E-state index in [1.54, 1.807) is 12.1 Å². The Morgan fingerprint density at radius 1 is 1.22 bits per heavy atom. The lowest BCUT2D eigenvalue weighted by molar-refractivity contribution is 0.207. The molecule has 3 rings (SSSR count). The normalized spacial score (nSPS) is 24.2. The fourth-order valence-corrected chi connectivity index (χ4v) is 4.41. The molecule has 1 heterocycles. The van der Waals surface area contributed by atoms with Crippen molar-refractivity contribution in [3.8, 4) is 18.2 Å². The van der Waals surface area contributed by atoms with Gasteiger partial charge >= 0.3 is 0 Å². The molecule has 6 heteroatoms. The molecule has 1 aliphatic heterocycles. The van der Waals surface area contributed by atoms with Crippen molar-refractivity contribution in [2.24, 2.45) is 17.1 Å². The van der Waals surface area contributed by atoms with E-state index in [0.717, 1.165) is 30.6 Å². The van der Waals surface area contributed by atoms with Crippen molar-refractivity contribution >= 4 is 11.6 Å². The van der Waals surface area contributed by atoms with Gasteiger partial charge in [-0.3, -0.25) is 4.90 Å². The van der Waals surface area contributed by atoms with E-state index in [1.165, 1.54) is 0 Å². The number of nitriles is 3. The van der Waals surface area contributed by atoms with Crippen LogP contribution >= 0.6 is 11.6 Å². The first-order chi connectivity index (χ1) is 13.0. The number of benzene rings is 1. The fraction of sp³-hybridized carbons (Fsp3) is 0.381. The lowest BCUT2D eigenvalue weighted by atomic mass is 9.58. The summed E-state index contributed by atoms with van der Waals surface area (Å²) >= 11 is 6.04. The van der Waals surface area contributed by atoms with E-state index in [9.17, 15) is 15.8 Å². The summed E-state index contributed by atoms with van der Waals surface area (Å²) in [5, 5.41) is 30.3. The van der Waals surface area contributed by atoms with Gasteiger partial charge in [-0.15, -0.1) is 0 Å². The third kappa shape index (κ3) is 2.98. The van der Waals surface area contributed by atoms with Gasteiger partial charge in [0.1, 0.15) is 6.07 Å². The van der Waals surface area contributed by atoms with E-state index in [-0.39, 0.29) is 17.2 Å². The zero-order valence-corrected chi connectivity index (χ0v) is 15.9. The SMILES string of the molecule is CCCN1CC=C2C(C#N)=C(N)C(C#N)(C#N)[C@H](c3ccc(Cl)cc3)[C@H]2C1. The van der Waals surface area contributed by atoms with Crippen molar-refractivity contribution in [1.82, 2.24) is 4.90 Å². The minimum absolute atomic E-state index is 0.0568. The van der Waals surface area contributed by atoms with Gasteiger partial charge in [0.2, 0.25) is 0 Å². The van der Waals surface area contributed by atoms with Gasteiger partial charge in [-0.25, -0.2) is 0 Å². The molecule has 0 aromatic heterocycles. The van der Waals surface area contributed by atoms with Crippen LogP contribution in [-0.4, -0.2) is 24.5 Å². The molecule has 1 aromatic carbocycles. The topological polar surface area (TPSA) is 101 Å². The van der Waals surface area contributed by atoms with E-state index in [2.05, 4.69) is 30.0 Å². The molecule has 0 saturated carbocycles. The summed E-state index contributed by atoms with van der Waals surface area (Å²) in [5.41, 5.74) is 6.71. The Morgan fingerprint density at radius 3 is 2.44 bits per heavy atom. The van der Waals surface area contributed by atoms with Crippen molar-refractivity contribution in [2.75, 3.05) is 19.6 Å². The van der Waals surface area contributed by atoms with Crippen LogP contribution in [0.2, 0.25) is 5.02 Å². The first-order valence-corrected chi connectivity index (χ1v) is 9.31. The van der Waals surface area contributed by atoms with Crippen molar-refractivity contribution in [1.29, 1.82) is 15.8 Å². The van der Waals surface area contributed by atoms with E-state index < -0.39 is 11.3 Å². The third-order valence-corrected chi connectivity index (χ3v) is 5.76. The summed E-state index contributed by atoms with van der Waals surface area (Å²) in [7, 11) is 0. The van der Waals surface area contributed by atoms with Crippen LogP contribution in [0.1, 0.15) is 24.8 Å². The average molecular weight is 378 g/mol. The molecule has 0 fully saturated rings. The zero-order valence-electron chi connectivity index (χ0n) is 15.1. The van der Waals surface area contributed by atoms with Gasteiger partial charge < -0.3 is 5.73 Å². The number of fused-ring (bicyclic) bond motifs is 1. The Labute approximate surface area is 164 Å². The van der Waals surface area contributed by atoms with E-state index in [1.807, 2.05) is 18.2 Å². The van der Waals surface area contributed by atoms with Crippen LogP contribution in [-0.2, 0) is 0 Å². The lowest BCUT2D eigenvalue weighted by Crippen LogP contribution is -2.48. The summed E-state index contributed by atoms with van der Waals surface area (Å²) in [6.07, 6.45) is 3.03. The molecule has 27 heavy (non-hydrogen) atoms. The Balaban J connectivity index is 2.25. The molecule has 136 valence electrons. The second-order valence-corrected chi connectivity index (χ2v) is 7.42. The summed E-state index contributed by atoms with van der Waals surface area (Å²) in [6.45, 7) is 4.44. The minimum Gasteiger partial charge on any atom is -0.399 e. The van der Waals surface area contributed by atoms with Crippen molar-refractivity contribution in [3.63, 3.8) is 0 Å². The van der Waals surface area contributed by atoms with Crippen molar-refractivity contribution in [3.05, 3.63) is 57.8 Å². The Hall–Kier alpha value is -2.78. The molecule has 0 radical (unpaired) electrons. The molecule has 2 atom stereocenters. The summed E-state index contributed by atoms with van der Waals surface area (Å²) in [6, 6.07) is 13.7. The first kappa shape index (κ1) is 19.0. The number of nitrogens with two attached hydrogens (primary N) is 1. The van der Waals surface area contributed by atoms with Crippen LogP contribution < -0.4 is 5.73 Å². The van der Waals surface area contributed by atoms with Crippen LogP contribution in [0.5, 0.6) is 0 Å². The maximum absolute atomic E-state index is 10.0. The highest BCUT2D eigenvalue weighted by Gasteiger charge is 2.54. The Kier molecular flexibility index (Phi) is 5.24. The number of hydrogen-bond acceptors (Lipinski definition) is 5. The third-order valence-electron chi connectivity index (χ3n) is 5.51. The largest absolute Gasteiger partial charge is 0.399 e. The second-order valence-electron chi connectivity index (χ2n) is 6.99. The Bertz CT molecular complexity index is 909. The van der Waals surface area contributed by atoms with Gasteiger partial charge in [-0.2, -0.15) is 15.8 Å². The number of allylic oxidation sites excluding steroid dienone is 2. The highest BCUT2D eigenvalue weighted by molar-refractivity contribution is 6.30. The maximum atomic E-state index is 10.0. The second kappa shape index (κ2) is 7.45. The average Bonchev–Trinajstić information content (AvgIpc) is 2.68.